The molecule has 78 valence electrons. The Labute approximate surface area is 82.1 Å². The van der Waals surface area contributed by atoms with Gasteiger partial charge in [0, 0.05) is 38.3 Å². The number of piperazine rings is 1. The van der Waals surface area contributed by atoms with Crippen LogP contribution in [0.25, 0.3) is 0 Å². The maximum absolute atomic E-state index is 3.26. The van der Waals surface area contributed by atoms with E-state index in [0.29, 0.717) is 5.54 Å². The Bertz CT molecular complexity index is 148. The second-order valence-electron chi connectivity index (χ2n) is 4.63. The van der Waals surface area contributed by atoms with E-state index in [1.165, 1.54) is 26.2 Å². The lowest BCUT2D eigenvalue weighted by Gasteiger charge is -2.43. The summed E-state index contributed by atoms with van der Waals surface area (Å²) in [6.45, 7) is 10.5. The van der Waals surface area contributed by atoms with Gasteiger partial charge in [-0.05, 0) is 27.9 Å². The van der Waals surface area contributed by atoms with Crippen LogP contribution in [0.4, 0.5) is 0 Å². The summed E-state index contributed by atoms with van der Waals surface area (Å²) in [6, 6.07) is 0. The van der Waals surface area contributed by atoms with Crippen molar-refractivity contribution in [2.75, 3.05) is 46.8 Å². The molecule has 1 aliphatic heterocycles. The predicted octanol–water partition coefficient (Wildman–Crippen LogP) is 0.232. The lowest BCUT2D eigenvalue weighted by Crippen LogP contribution is -2.57. The summed E-state index contributed by atoms with van der Waals surface area (Å²) >= 11 is 0. The van der Waals surface area contributed by atoms with E-state index in [-0.39, 0.29) is 0 Å². The van der Waals surface area contributed by atoms with Gasteiger partial charge in [-0.2, -0.15) is 0 Å². The molecule has 1 heterocycles. The Balaban J connectivity index is 2.42. The molecular formula is C10H23N3. The van der Waals surface area contributed by atoms with Crippen LogP contribution in [0.5, 0.6) is 0 Å². The summed E-state index contributed by atoms with van der Waals surface area (Å²) in [6.07, 6.45) is 0. The molecule has 0 aromatic rings. The van der Waals surface area contributed by atoms with Crippen LogP contribution in [0.2, 0.25) is 0 Å². The van der Waals surface area contributed by atoms with E-state index in [2.05, 4.69) is 36.0 Å². The van der Waals surface area contributed by atoms with Crippen molar-refractivity contribution in [3.8, 4) is 0 Å². The SMILES string of the molecule is CNCC(C)(C)N1CCN(C)CC1. The van der Waals surface area contributed by atoms with Crippen molar-refractivity contribution in [3.05, 3.63) is 0 Å². The lowest BCUT2D eigenvalue weighted by atomic mass is 10.0. The van der Waals surface area contributed by atoms with Gasteiger partial charge in [-0.3, -0.25) is 4.90 Å². The average Bonchev–Trinajstić information content (AvgIpc) is 2.05. The Morgan fingerprint density at radius 2 is 1.69 bits per heavy atom. The van der Waals surface area contributed by atoms with Crippen LogP contribution in [0.15, 0.2) is 0 Å². The normalized spacial score (nSPS) is 22.2. The molecule has 1 rings (SSSR count). The first-order chi connectivity index (χ1) is 6.06. The number of nitrogens with one attached hydrogen (secondary N) is 1. The Morgan fingerprint density at radius 1 is 1.15 bits per heavy atom. The van der Waals surface area contributed by atoms with Crippen molar-refractivity contribution in [2.24, 2.45) is 0 Å². The quantitative estimate of drug-likeness (QED) is 0.679. The third-order valence-electron chi connectivity index (χ3n) is 2.97. The maximum Gasteiger partial charge on any atom is 0.0278 e. The van der Waals surface area contributed by atoms with Gasteiger partial charge < -0.3 is 10.2 Å². The Hall–Kier alpha value is -0.120. The second kappa shape index (κ2) is 4.40. The molecule has 0 aromatic heterocycles. The lowest BCUT2D eigenvalue weighted by molar-refractivity contribution is 0.0632. The van der Waals surface area contributed by atoms with Crippen LogP contribution < -0.4 is 5.32 Å². The molecule has 13 heavy (non-hydrogen) atoms. The molecule has 0 bridgehead atoms. The number of rotatable bonds is 3. The summed E-state index contributed by atoms with van der Waals surface area (Å²) in [4.78, 5) is 4.97. The van der Waals surface area contributed by atoms with Crippen LogP contribution in [-0.2, 0) is 0 Å². The van der Waals surface area contributed by atoms with Crippen molar-refractivity contribution >= 4 is 0 Å². The number of likely N-dealkylation sites (N-methyl/N-ethyl adjacent to an activating group) is 2. The molecule has 3 heteroatoms. The van der Waals surface area contributed by atoms with E-state index < -0.39 is 0 Å². The minimum Gasteiger partial charge on any atom is -0.318 e. The number of hydrogen-bond acceptors (Lipinski definition) is 3. The average molecular weight is 185 g/mol. The van der Waals surface area contributed by atoms with Crippen LogP contribution >= 0.6 is 0 Å². The third kappa shape index (κ3) is 2.93. The molecular weight excluding hydrogens is 162 g/mol. The van der Waals surface area contributed by atoms with E-state index in [1.54, 1.807) is 0 Å². The zero-order chi connectivity index (χ0) is 9.90. The highest BCUT2D eigenvalue weighted by atomic mass is 15.3. The first-order valence-corrected chi connectivity index (χ1v) is 5.14. The Kier molecular flexibility index (Phi) is 3.71. The highest BCUT2D eigenvalue weighted by Gasteiger charge is 2.27. The molecule has 0 spiro atoms. The molecule has 1 N–H and O–H groups in total. The molecule has 0 aromatic carbocycles. The van der Waals surface area contributed by atoms with Crippen molar-refractivity contribution in [2.45, 2.75) is 19.4 Å². The maximum atomic E-state index is 3.26. The van der Waals surface area contributed by atoms with Crippen molar-refractivity contribution in [1.82, 2.24) is 15.1 Å². The fraction of sp³-hybridized carbons (Fsp3) is 1.00. The summed E-state index contributed by atoms with van der Waals surface area (Å²) in [5.74, 6) is 0. The summed E-state index contributed by atoms with van der Waals surface area (Å²) in [7, 11) is 4.22. The molecule has 0 aliphatic carbocycles. The molecule has 1 aliphatic rings. The summed E-state index contributed by atoms with van der Waals surface area (Å²) in [5, 5.41) is 3.26. The summed E-state index contributed by atoms with van der Waals surface area (Å²) < 4.78 is 0. The fourth-order valence-corrected chi connectivity index (χ4v) is 1.96. The number of nitrogens with zero attached hydrogens (tertiary/aromatic N) is 2. The third-order valence-corrected chi connectivity index (χ3v) is 2.97. The van der Waals surface area contributed by atoms with E-state index in [1.807, 2.05) is 7.05 Å². The molecule has 1 fully saturated rings. The van der Waals surface area contributed by atoms with Crippen LogP contribution in [0.3, 0.4) is 0 Å². The largest absolute Gasteiger partial charge is 0.318 e. The van der Waals surface area contributed by atoms with Gasteiger partial charge in [0.05, 0.1) is 0 Å². The predicted molar refractivity (Wildman–Crippen MR) is 57.1 cm³/mol. The smallest absolute Gasteiger partial charge is 0.0278 e. The molecule has 3 nitrogen and oxygen atoms in total. The van der Waals surface area contributed by atoms with Gasteiger partial charge >= 0.3 is 0 Å². The molecule has 0 amide bonds. The molecule has 0 atom stereocenters. The zero-order valence-electron chi connectivity index (χ0n) is 9.43. The highest BCUT2D eigenvalue weighted by Crippen LogP contribution is 2.15. The first-order valence-electron chi connectivity index (χ1n) is 5.14. The van der Waals surface area contributed by atoms with Gasteiger partial charge in [-0.25, -0.2) is 0 Å². The van der Waals surface area contributed by atoms with Crippen molar-refractivity contribution < 1.29 is 0 Å². The minimum atomic E-state index is 0.302. The zero-order valence-corrected chi connectivity index (χ0v) is 9.43. The Morgan fingerprint density at radius 3 is 2.15 bits per heavy atom. The van der Waals surface area contributed by atoms with Gasteiger partial charge in [0.15, 0.2) is 0 Å². The summed E-state index contributed by atoms with van der Waals surface area (Å²) in [5.41, 5.74) is 0.302. The minimum absolute atomic E-state index is 0.302. The number of hydrogen-bond donors (Lipinski definition) is 1. The topological polar surface area (TPSA) is 18.5 Å². The second-order valence-corrected chi connectivity index (χ2v) is 4.63. The monoisotopic (exact) mass is 185 g/mol. The molecule has 0 radical (unpaired) electrons. The van der Waals surface area contributed by atoms with Gasteiger partial charge in [-0.1, -0.05) is 0 Å². The van der Waals surface area contributed by atoms with E-state index in [4.69, 9.17) is 0 Å². The van der Waals surface area contributed by atoms with E-state index >= 15 is 0 Å². The van der Waals surface area contributed by atoms with Gasteiger partial charge in [0.2, 0.25) is 0 Å². The van der Waals surface area contributed by atoms with Crippen molar-refractivity contribution in [1.29, 1.82) is 0 Å². The molecule has 0 saturated carbocycles. The van der Waals surface area contributed by atoms with Crippen LogP contribution in [-0.4, -0.2) is 62.2 Å². The van der Waals surface area contributed by atoms with Gasteiger partial charge in [-0.15, -0.1) is 0 Å². The standard InChI is InChI=1S/C10H23N3/c1-10(2,9-11-3)13-7-5-12(4)6-8-13/h11H,5-9H2,1-4H3. The van der Waals surface area contributed by atoms with Crippen LogP contribution in [0.1, 0.15) is 13.8 Å². The van der Waals surface area contributed by atoms with Gasteiger partial charge in [0.1, 0.15) is 0 Å². The molecule has 1 saturated heterocycles. The van der Waals surface area contributed by atoms with E-state index in [9.17, 15) is 0 Å². The van der Waals surface area contributed by atoms with Crippen molar-refractivity contribution in [3.63, 3.8) is 0 Å². The highest BCUT2D eigenvalue weighted by molar-refractivity contribution is 4.86. The fourth-order valence-electron chi connectivity index (χ4n) is 1.96. The van der Waals surface area contributed by atoms with E-state index in [0.717, 1.165) is 6.54 Å². The first kappa shape index (κ1) is 11.0. The van der Waals surface area contributed by atoms with Gasteiger partial charge in [0.25, 0.3) is 0 Å². The molecule has 0 unspecified atom stereocenters. The van der Waals surface area contributed by atoms with Crippen LogP contribution in [0, 0.1) is 0 Å².